The first-order valence-electron chi connectivity index (χ1n) is 4.51. The lowest BCUT2D eigenvalue weighted by atomic mass is 10.0. The quantitative estimate of drug-likeness (QED) is 0.765. The summed E-state index contributed by atoms with van der Waals surface area (Å²) in [6.07, 6.45) is 0. The van der Waals surface area contributed by atoms with Gasteiger partial charge < -0.3 is 4.74 Å². The third-order valence-electron chi connectivity index (χ3n) is 1.95. The van der Waals surface area contributed by atoms with Crippen LogP contribution in [0.1, 0.15) is 25.3 Å². The molecule has 1 rings (SSSR count). The van der Waals surface area contributed by atoms with E-state index in [1.807, 2.05) is 26.0 Å². The predicted octanol–water partition coefficient (Wildman–Crippen LogP) is 3.37. The lowest BCUT2D eigenvalue weighted by Gasteiger charge is -2.08. The van der Waals surface area contributed by atoms with Gasteiger partial charge in [-0.15, -0.1) is 0 Å². The summed E-state index contributed by atoms with van der Waals surface area (Å²) in [6.45, 7) is 4.32. The summed E-state index contributed by atoms with van der Waals surface area (Å²) in [5.74, 6) is 0.514. The Labute approximate surface area is 89.1 Å². The fraction of sp³-hybridized carbons (Fsp3) is 0.364. The third-order valence-corrected chi connectivity index (χ3v) is 2.26. The van der Waals surface area contributed by atoms with Gasteiger partial charge in [0.05, 0.1) is 23.6 Å². The molecule has 0 aromatic heterocycles. The van der Waals surface area contributed by atoms with Crippen LogP contribution in [0.3, 0.4) is 0 Å². The maximum absolute atomic E-state index is 8.75. The maximum Gasteiger partial charge on any atom is 0.138 e. The van der Waals surface area contributed by atoms with Gasteiger partial charge in [-0.3, -0.25) is 0 Å². The number of ether oxygens (including phenoxy) is 1. The molecule has 0 saturated carbocycles. The zero-order valence-corrected chi connectivity index (χ0v) is 9.01. The summed E-state index contributed by atoms with van der Waals surface area (Å²) < 4.78 is 5.33. The smallest absolute Gasteiger partial charge is 0.138 e. The van der Waals surface area contributed by atoms with Gasteiger partial charge in [0.1, 0.15) is 5.75 Å². The Kier molecular flexibility index (Phi) is 3.79. The second kappa shape index (κ2) is 4.88. The molecule has 14 heavy (non-hydrogen) atoms. The summed E-state index contributed by atoms with van der Waals surface area (Å²) in [6, 6.07) is 7.60. The number of hydrogen-bond donors (Lipinski definition) is 0. The minimum absolute atomic E-state index is 0.133. The van der Waals surface area contributed by atoms with Crippen LogP contribution >= 0.6 is 11.6 Å². The zero-order valence-electron chi connectivity index (χ0n) is 8.25. The molecule has 2 nitrogen and oxygen atoms in total. The molecule has 0 N–H and O–H groups in total. The Balaban J connectivity index is 3.01. The highest BCUT2D eigenvalue weighted by atomic mass is 35.5. The van der Waals surface area contributed by atoms with Crippen molar-refractivity contribution in [2.24, 2.45) is 0 Å². The van der Waals surface area contributed by atoms with Crippen LogP contribution in [0.25, 0.3) is 0 Å². The molecule has 0 aliphatic rings. The zero-order chi connectivity index (χ0) is 10.6. The molecular weight excluding hydrogens is 198 g/mol. The number of hydrogen-bond acceptors (Lipinski definition) is 2. The molecule has 0 spiro atoms. The van der Waals surface area contributed by atoms with Crippen molar-refractivity contribution in [1.29, 1.82) is 5.26 Å². The molecule has 0 amide bonds. The summed E-state index contributed by atoms with van der Waals surface area (Å²) in [5.41, 5.74) is 0.931. The van der Waals surface area contributed by atoms with Crippen LogP contribution in [0.15, 0.2) is 18.2 Å². The Bertz CT molecular complexity index is 357. The monoisotopic (exact) mass is 209 g/mol. The fourth-order valence-corrected chi connectivity index (χ4v) is 1.30. The van der Waals surface area contributed by atoms with Gasteiger partial charge in [-0.1, -0.05) is 17.7 Å². The van der Waals surface area contributed by atoms with E-state index in [1.165, 1.54) is 0 Å². The number of halogens is 1. The highest BCUT2D eigenvalue weighted by Gasteiger charge is 2.07. The minimum Gasteiger partial charge on any atom is -0.492 e. The summed E-state index contributed by atoms with van der Waals surface area (Å²) >= 11 is 5.91. The van der Waals surface area contributed by atoms with Crippen molar-refractivity contribution in [2.45, 2.75) is 19.8 Å². The lowest BCUT2D eigenvalue weighted by molar-refractivity contribution is 0.340. The Morgan fingerprint density at radius 2 is 2.29 bits per heavy atom. The second-order valence-electron chi connectivity index (χ2n) is 2.97. The Morgan fingerprint density at radius 3 is 2.86 bits per heavy atom. The van der Waals surface area contributed by atoms with E-state index in [1.54, 1.807) is 6.07 Å². The van der Waals surface area contributed by atoms with E-state index in [0.29, 0.717) is 17.4 Å². The highest BCUT2D eigenvalue weighted by Crippen LogP contribution is 2.28. The Hall–Kier alpha value is -1.20. The normalized spacial score (nSPS) is 11.9. The average Bonchev–Trinajstić information content (AvgIpc) is 2.20. The van der Waals surface area contributed by atoms with Crippen molar-refractivity contribution in [1.82, 2.24) is 0 Å². The summed E-state index contributed by atoms with van der Waals surface area (Å²) in [5, 5.41) is 9.34. The Morgan fingerprint density at radius 1 is 1.57 bits per heavy atom. The van der Waals surface area contributed by atoms with E-state index in [4.69, 9.17) is 21.6 Å². The molecule has 1 unspecified atom stereocenters. The van der Waals surface area contributed by atoms with Crippen LogP contribution in [0.5, 0.6) is 5.75 Å². The van der Waals surface area contributed by atoms with Crippen molar-refractivity contribution in [3.05, 3.63) is 28.8 Å². The molecule has 0 saturated heterocycles. The molecule has 1 aromatic rings. The van der Waals surface area contributed by atoms with Gasteiger partial charge in [0, 0.05) is 0 Å². The van der Waals surface area contributed by atoms with Crippen LogP contribution in [0, 0.1) is 11.3 Å². The second-order valence-corrected chi connectivity index (χ2v) is 3.38. The molecule has 1 aromatic carbocycles. The summed E-state index contributed by atoms with van der Waals surface area (Å²) in [4.78, 5) is 0. The molecule has 1 atom stereocenters. The lowest BCUT2D eigenvalue weighted by Crippen LogP contribution is -1.95. The molecule has 0 aliphatic heterocycles. The standard InChI is InChI=1S/C11H12ClNO/c1-3-14-11-6-9(8(2)7-13)4-5-10(11)12/h4-6,8H,3H2,1-2H3. The van der Waals surface area contributed by atoms with E-state index < -0.39 is 0 Å². The molecule has 3 heteroatoms. The summed E-state index contributed by atoms with van der Waals surface area (Å²) in [7, 11) is 0. The first-order chi connectivity index (χ1) is 6.69. The molecule has 0 radical (unpaired) electrons. The van der Waals surface area contributed by atoms with Crippen LogP contribution in [0.2, 0.25) is 5.02 Å². The van der Waals surface area contributed by atoms with Crippen LogP contribution in [-0.4, -0.2) is 6.61 Å². The molecular formula is C11H12ClNO. The van der Waals surface area contributed by atoms with Gasteiger partial charge in [0.25, 0.3) is 0 Å². The largest absolute Gasteiger partial charge is 0.492 e. The van der Waals surface area contributed by atoms with Gasteiger partial charge in [-0.05, 0) is 31.5 Å². The number of nitriles is 1. The van der Waals surface area contributed by atoms with E-state index in [0.717, 1.165) is 5.56 Å². The van der Waals surface area contributed by atoms with Gasteiger partial charge >= 0.3 is 0 Å². The molecule has 0 fully saturated rings. The van der Waals surface area contributed by atoms with Crippen molar-refractivity contribution in [2.75, 3.05) is 6.61 Å². The van der Waals surface area contributed by atoms with Crippen molar-refractivity contribution >= 4 is 11.6 Å². The predicted molar refractivity (Wildman–Crippen MR) is 56.6 cm³/mol. The van der Waals surface area contributed by atoms with E-state index in [9.17, 15) is 0 Å². The minimum atomic E-state index is -0.133. The van der Waals surface area contributed by atoms with Crippen LogP contribution in [-0.2, 0) is 0 Å². The fourth-order valence-electron chi connectivity index (χ4n) is 1.13. The van der Waals surface area contributed by atoms with Gasteiger partial charge in [-0.2, -0.15) is 5.26 Å². The van der Waals surface area contributed by atoms with Crippen LogP contribution in [0.4, 0.5) is 0 Å². The first-order valence-corrected chi connectivity index (χ1v) is 4.88. The van der Waals surface area contributed by atoms with Crippen molar-refractivity contribution in [3.8, 4) is 11.8 Å². The highest BCUT2D eigenvalue weighted by molar-refractivity contribution is 6.32. The first kappa shape index (κ1) is 10.9. The molecule has 0 bridgehead atoms. The molecule has 74 valence electrons. The number of benzene rings is 1. The van der Waals surface area contributed by atoms with Gasteiger partial charge in [0.15, 0.2) is 0 Å². The third kappa shape index (κ3) is 2.40. The maximum atomic E-state index is 8.75. The van der Waals surface area contributed by atoms with E-state index >= 15 is 0 Å². The van der Waals surface area contributed by atoms with Crippen molar-refractivity contribution in [3.63, 3.8) is 0 Å². The van der Waals surface area contributed by atoms with E-state index in [2.05, 4.69) is 6.07 Å². The topological polar surface area (TPSA) is 33.0 Å². The number of rotatable bonds is 3. The van der Waals surface area contributed by atoms with Crippen molar-refractivity contribution < 1.29 is 4.74 Å². The number of nitrogens with zero attached hydrogens (tertiary/aromatic N) is 1. The van der Waals surface area contributed by atoms with Gasteiger partial charge in [-0.25, -0.2) is 0 Å². The van der Waals surface area contributed by atoms with E-state index in [-0.39, 0.29) is 5.92 Å². The average molecular weight is 210 g/mol. The van der Waals surface area contributed by atoms with Gasteiger partial charge in [0.2, 0.25) is 0 Å². The van der Waals surface area contributed by atoms with Crippen LogP contribution < -0.4 is 4.74 Å². The SMILES string of the molecule is CCOc1cc(C(C)C#N)ccc1Cl. The molecule has 0 aliphatic carbocycles. The molecule has 0 heterocycles.